The van der Waals surface area contributed by atoms with Crippen LogP contribution in [0.4, 0.5) is 0 Å². The lowest BCUT2D eigenvalue weighted by atomic mass is 10.2. The van der Waals surface area contributed by atoms with Crippen LogP contribution in [0, 0.1) is 0 Å². The molecule has 0 saturated carbocycles. The van der Waals surface area contributed by atoms with Gasteiger partial charge in [0.25, 0.3) is 0 Å². The number of nitrogens with one attached hydrogen (secondary N) is 1. The molecule has 1 aromatic carbocycles. The molecular weight excluding hydrogens is 441 g/mol. The molecule has 8 heteroatoms. The van der Waals surface area contributed by atoms with E-state index in [-0.39, 0.29) is 25.8 Å². The number of sulfonamides is 1. The van der Waals surface area contributed by atoms with Crippen molar-refractivity contribution in [3.8, 4) is 0 Å². The zero-order valence-corrected chi connectivity index (χ0v) is 15.8. The van der Waals surface area contributed by atoms with E-state index in [1.54, 1.807) is 6.92 Å². The summed E-state index contributed by atoms with van der Waals surface area (Å²) in [6.07, 6.45) is 0.658. The molecule has 0 saturated heterocycles. The molecule has 2 unspecified atom stereocenters. The van der Waals surface area contributed by atoms with Gasteiger partial charge in [0.15, 0.2) is 0 Å². The Kier molecular flexibility index (Phi) is 6.61. The van der Waals surface area contributed by atoms with E-state index in [4.69, 9.17) is 23.2 Å². The largest absolute Gasteiger partial charge is 0.243 e. The van der Waals surface area contributed by atoms with Gasteiger partial charge in [-0.05, 0) is 25.5 Å². The zero-order chi connectivity index (χ0) is 14.8. The van der Waals surface area contributed by atoms with Crippen LogP contribution in [0.1, 0.15) is 20.3 Å². The van der Waals surface area contributed by atoms with Crippen molar-refractivity contribution in [2.45, 2.75) is 36.0 Å². The molecule has 108 valence electrons. The monoisotopic (exact) mass is 451 g/mol. The first kappa shape index (κ1) is 17.7. The van der Waals surface area contributed by atoms with Crippen LogP contribution < -0.4 is 4.72 Å². The molecule has 0 heterocycles. The summed E-state index contributed by atoms with van der Waals surface area (Å²) in [6.45, 7) is 3.74. The Labute approximate surface area is 140 Å². The van der Waals surface area contributed by atoms with Gasteiger partial charge in [-0.3, -0.25) is 0 Å². The minimum atomic E-state index is -3.74. The summed E-state index contributed by atoms with van der Waals surface area (Å²) >= 11 is 18.5. The molecule has 2 atom stereocenters. The second-order valence-electron chi connectivity index (χ2n) is 4.24. The van der Waals surface area contributed by atoms with Gasteiger partial charge in [-0.25, -0.2) is 13.1 Å². The normalized spacial score (nSPS) is 15.3. The maximum Gasteiger partial charge on any atom is 0.243 e. The Morgan fingerprint density at radius 3 is 2.16 bits per heavy atom. The smallest absolute Gasteiger partial charge is 0.208 e. The van der Waals surface area contributed by atoms with E-state index in [1.165, 1.54) is 12.1 Å². The third-order valence-corrected chi connectivity index (χ3v) is 5.61. The van der Waals surface area contributed by atoms with E-state index in [9.17, 15) is 8.42 Å². The van der Waals surface area contributed by atoms with Gasteiger partial charge in [-0.15, -0.1) is 0 Å². The van der Waals surface area contributed by atoms with E-state index >= 15 is 0 Å². The Bertz CT molecular complexity index is 541. The van der Waals surface area contributed by atoms with Crippen molar-refractivity contribution in [2.75, 3.05) is 0 Å². The summed E-state index contributed by atoms with van der Waals surface area (Å²) in [7, 11) is -3.74. The summed E-state index contributed by atoms with van der Waals surface area (Å²) in [5, 5.41) is 0.178. The lowest BCUT2D eigenvalue weighted by molar-refractivity contribution is 0.548. The molecule has 0 spiro atoms. The number of halogens is 4. The zero-order valence-electron chi connectivity index (χ0n) is 10.3. The highest BCUT2D eigenvalue weighted by molar-refractivity contribution is 9.10. The van der Waals surface area contributed by atoms with Crippen molar-refractivity contribution in [1.82, 2.24) is 4.72 Å². The highest BCUT2D eigenvalue weighted by atomic mass is 79.9. The van der Waals surface area contributed by atoms with Gasteiger partial charge in [-0.1, -0.05) is 62.0 Å². The van der Waals surface area contributed by atoms with Gasteiger partial charge in [0, 0.05) is 15.3 Å². The van der Waals surface area contributed by atoms with Gasteiger partial charge < -0.3 is 0 Å². The topological polar surface area (TPSA) is 46.2 Å². The Hall–Kier alpha value is 0.670. The predicted octanol–water partition coefficient (Wildman–Crippen LogP) is 4.60. The average Bonchev–Trinajstić information content (AvgIpc) is 2.10. The molecule has 0 fully saturated rings. The molecular formula is C11H13Br2Cl2NO2S. The fourth-order valence-corrected chi connectivity index (χ4v) is 5.40. The maximum atomic E-state index is 12.3. The third kappa shape index (κ3) is 5.17. The van der Waals surface area contributed by atoms with Crippen molar-refractivity contribution >= 4 is 65.1 Å². The molecule has 19 heavy (non-hydrogen) atoms. The molecule has 1 aromatic rings. The molecule has 1 rings (SSSR count). The standard InChI is InChI=1S/C11H13Br2Cl2NO2S/c1-6(12)3-7(2)16-19(17,18)11-9(14)4-8(13)5-10(11)15/h4-7,16H,3H2,1-2H3. The maximum absolute atomic E-state index is 12.3. The van der Waals surface area contributed by atoms with E-state index in [1.807, 2.05) is 6.92 Å². The Morgan fingerprint density at radius 1 is 1.26 bits per heavy atom. The van der Waals surface area contributed by atoms with Gasteiger partial charge >= 0.3 is 0 Å². The minimum absolute atomic E-state index is 0.0889. The van der Waals surface area contributed by atoms with Crippen LogP contribution in [0.2, 0.25) is 10.0 Å². The first-order chi connectivity index (χ1) is 8.63. The first-order valence-corrected chi connectivity index (χ1v) is 9.39. The summed E-state index contributed by atoms with van der Waals surface area (Å²) in [4.78, 5) is 0.120. The van der Waals surface area contributed by atoms with Gasteiger partial charge in [-0.2, -0.15) is 0 Å². The number of rotatable bonds is 5. The van der Waals surface area contributed by atoms with Crippen molar-refractivity contribution in [1.29, 1.82) is 0 Å². The van der Waals surface area contributed by atoms with E-state index in [2.05, 4.69) is 36.6 Å². The van der Waals surface area contributed by atoms with Crippen LogP contribution in [0.3, 0.4) is 0 Å². The summed E-state index contributed by atoms with van der Waals surface area (Å²) in [5.74, 6) is 0. The lowest BCUT2D eigenvalue weighted by Crippen LogP contribution is -2.34. The predicted molar refractivity (Wildman–Crippen MR) is 87.0 cm³/mol. The molecule has 3 nitrogen and oxygen atoms in total. The van der Waals surface area contributed by atoms with Gasteiger partial charge in [0.2, 0.25) is 10.0 Å². The van der Waals surface area contributed by atoms with E-state index in [0.29, 0.717) is 10.9 Å². The fourth-order valence-electron chi connectivity index (χ4n) is 1.64. The molecule has 1 N–H and O–H groups in total. The molecule has 0 aliphatic rings. The van der Waals surface area contributed by atoms with Crippen molar-refractivity contribution in [2.24, 2.45) is 0 Å². The molecule has 0 radical (unpaired) electrons. The first-order valence-electron chi connectivity index (χ1n) is 5.44. The number of hydrogen-bond donors (Lipinski definition) is 1. The van der Waals surface area contributed by atoms with Crippen molar-refractivity contribution in [3.63, 3.8) is 0 Å². The van der Waals surface area contributed by atoms with Crippen LogP contribution >= 0.6 is 55.1 Å². The molecule has 0 bridgehead atoms. The van der Waals surface area contributed by atoms with Gasteiger partial charge in [0.1, 0.15) is 4.90 Å². The fraction of sp³-hybridized carbons (Fsp3) is 0.455. The van der Waals surface area contributed by atoms with Crippen molar-refractivity contribution < 1.29 is 8.42 Å². The van der Waals surface area contributed by atoms with Gasteiger partial charge in [0.05, 0.1) is 10.0 Å². The average molecular weight is 454 g/mol. The number of alkyl halides is 1. The van der Waals surface area contributed by atoms with Crippen LogP contribution in [0.15, 0.2) is 21.5 Å². The third-order valence-electron chi connectivity index (χ3n) is 2.27. The van der Waals surface area contributed by atoms with Crippen LogP contribution in [-0.2, 0) is 10.0 Å². The highest BCUT2D eigenvalue weighted by Crippen LogP contribution is 2.32. The minimum Gasteiger partial charge on any atom is -0.208 e. The van der Waals surface area contributed by atoms with Crippen LogP contribution in [0.25, 0.3) is 0 Å². The Balaban J connectivity index is 3.08. The number of hydrogen-bond acceptors (Lipinski definition) is 2. The second-order valence-corrected chi connectivity index (χ2v) is 9.18. The quantitative estimate of drug-likeness (QED) is 0.662. The number of benzene rings is 1. The van der Waals surface area contributed by atoms with E-state index < -0.39 is 10.0 Å². The Morgan fingerprint density at radius 2 is 1.74 bits per heavy atom. The summed E-state index contributed by atoms with van der Waals surface area (Å²) < 4.78 is 27.7. The molecule has 0 amide bonds. The van der Waals surface area contributed by atoms with Crippen LogP contribution in [-0.4, -0.2) is 19.3 Å². The second kappa shape index (κ2) is 7.09. The summed E-state index contributed by atoms with van der Waals surface area (Å²) in [5.41, 5.74) is 0. The SMILES string of the molecule is CC(Br)CC(C)NS(=O)(=O)c1c(Cl)cc(Br)cc1Cl. The summed E-state index contributed by atoms with van der Waals surface area (Å²) in [6, 6.07) is 2.77. The van der Waals surface area contributed by atoms with Crippen LogP contribution in [0.5, 0.6) is 0 Å². The molecule has 0 aromatic heterocycles. The lowest BCUT2D eigenvalue weighted by Gasteiger charge is -2.17. The molecule has 0 aliphatic carbocycles. The van der Waals surface area contributed by atoms with Crippen molar-refractivity contribution in [3.05, 3.63) is 26.7 Å². The highest BCUT2D eigenvalue weighted by Gasteiger charge is 2.24. The molecule has 0 aliphatic heterocycles. The van der Waals surface area contributed by atoms with E-state index in [0.717, 1.165) is 0 Å².